The van der Waals surface area contributed by atoms with Gasteiger partial charge >= 0.3 is 5.91 Å². The van der Waals surface area contributed by atoms with Crippen LogP contribution in [-0.4, -0.2) is 24.3 Å². The second-order valence-corrected chi connectivity index (χ2v) is 5.81. The third-order valence-electron chi connectivity index (χ3n) is 3.32. The van der Waals surface area contributed by atoms with Crippen LogP contribution < -0.4 is 10.2 Å². The molecular weight excluding hydrogens is 376 g/mol. The molecule has 0 unspecified atom stereocenters. The first kappa shape index (κ1) is 16.1. The van der Waals surface area contributed by atoms with Crippen molar-refractivity contribution >= 4 is 39.0 Å². The van der Waals surface area contributed by atoms with Crippen molar-refractivity contribution in [3.63, 3.8) is 0 Å². The summed E-state index contributed by atoms with van der Waals surface area (Å²) in [7, 11) is 1.46. The number of hydrogen-bond acceptors (Lipinski definition) is 5. The average Bonchev–Trinajstić information content (AvgIpc) is 2.99. The SMILES string of the molecule is COc1cccc(/C=N\NC(=O)c2cc3cc(Br)ccc3o2)c1O. The Kier molecular flexibility index (Phi) is 4.52. The van der Waals surface area contributed by atoms with Crippen LogP contribution in [0.2, 0.25) is 0 Å². The molecule has 0 spiro atoms. The van der Waals surface area contributed by atoms with E-state index >= 15 is 0 Å². The number of furan rings is 1. The van der Waals surface area contributed by atoms with Crippen LogP contribution in [0.25, 0.3) is 11.0 Å². The maximum Gasteiger partial charge on any atom is 0.307 e. The molecule has 1 aromatic heterocycles. The fourth-order valence-electron chi connectivity index (χ4n) is 2.15. The Morgan fingerprint density at radius 2 is 2.17 bits per heavy atom. The first-order valence-electron chi connectivity index (χ1n) is 6.97. The number of para-hydroxylation sites is 1. The molecule has 1 heterocycles. The molecule has 6 nitrogen and oxygen atoms in total. The van der Waals surface area contributed by atoms with Crippen molar-refractivity contribution in [3.05, 3.63) is 58.3 Å². The van der Waals surface area contributed by atoms with Crippen LogP contribution in [0.1, 0.15) is 16.1 Å². The van der Waals surface area contributed by atoms with Gasteiger partial charge in [0, 0.05) is 15.4 Å². The number of methoxy groups -OCH3 is 1. The molecule has 0 aliphatic carbocycles. The Hall–Kier alpha value is -2.80. The Morgan fingerprint density at radius 3 is 2.96 bits per heavy atom. The molecule has 0 aliphatic rings. The second kappa shape index (κ2) is 6.76. The highest BCUT2D eigenvalue weighted by molar-refractivity contribution is 9.10. The largest absolute Gasteiger partial charge is 0.504 e. The minimum atomic E-state index is -0.485. The zero-order valence-corrected chi connectivity index (χ0v) is 14.2. The van der Waals surface area contributed by atoms with E-state index in [4.69, 9.17) is 9.15 Å². The Morgan fingerprint density at radius 1 is 1.33 bits per heavy atom. The number of carbonyl (C=O) groups excluding carboxylic acids is 1. The number of amides is 1. The Bertz CT molecular complexity index is 933. The van der Waals surface area contributed by atoms with Gasteiger partial charge in [-0.05, 0) is 36.4 Å². The lowest BCUT2D eigenvalue weighted by Crippen LogP contribution is -2.16. The van der Waals surface area contributed by atoms with Crippen LogP contribution in [0.3, 0.4) is 0 Å². The number of nitrogens with one attached hydrogen (secondary N) is 1. The molecule has 0 saturated carbocycles. The molecule has 122 valence electrons. The number of phenolic OH excluding ortho intramolecular Hbond substituents is 1. The summed E-state index contributed by atoms with van der Waals surface area (Å²) in [6.07, 6.45) is 1.33. The zero-order chi connectivity index (χ0) is 17.1. The van der Waals surface area contributed by atoms with Gasteiger partial charge in [-0.1, -0.05) is 22.0 Å². The van der Waals surface area contributed by atoms with E-state index in [1.807, 2.05) is 12.1 Å². The molecule has 7 heteroatoms. The van der Waals surface area contributed by atoms with Crippen molar-refractivity contribution in [3.8, 4) is 11.5 Å². The van der Waals surface area contributed by atoms with Gasteiger partial charge in [0.15, 0.2) is 17.3 Å². The molecule has 0 fully saturated rings. The number of halogens is 1. The van der Waals surface area contributed by atoms with Crippen LogP contribution in [0.15, 0.2) is 56.5 Å². The number of fused-ring (bicyclic) bond motifs is 1. The van der Waals surface area contributed by atoms with Crippen LogP contribution >= 0.6 is 15.9 Å². The predicted molar refractivity (Wildman–Crippen MR) is 93.6 cm³/mol. The number of carbonyl (C=O) groups is 1. The lowest BCUT2D eigenvalue weighted by molar-refractivity contribution is 0.0929. The molecule has 2 aromatic carbocycles. The van der Waals surface area contributed by atoms with Gasteiger partial charge in [-0.15, -0.1) is 0 Å². The van der Waals surface area contributed by atoms with Gasteiger partial charge in [0.05, 0.1) is 13.3 Å². The van der Waals surface area contributed by atoms with E-state index in [0.29, 0.717) is 16.9 Å². The van der Waals surface area contributed by atoms with Crippen molar-refractivity contribution in [1.29, 1.82) is 0 Å². The van der Waals surface area contributed by atoms with E-state index in [2.05, 4.69) is 26.5 Å². The number of aromatic hydroxyl groups is 1. The van der Waals surface area contributed by atoms with Crippen LogP contribution in [-0.2, 0) is 0 Å². The normalized spacial score (nSPS) is 11.1. The smallest absolute Gasteiger partial charge is 0.307 e. The standard InChI is InChI=1S/C17H13BrN2O4/c1-23-14-4-2-3-10(16(14)21)9-19-20-17(22)15-8-11-7-12(18)5-6-13(11)24-15/h2-9,21H,1H3,(H,20,22)/b19-9-. The van der Waals surface area contributed by atoms with E-state index in [-0.39, 0.29) is 11.5 Å². The van der Waals surface area contributed by atoms with E-state index in [0.717, 1.165) is 9.86 Å². The first-order chi connectivity index (χ1) is 11.6. The number of hydrazone groups is 1. The van der Waals surface area contributed by atoms with E-state index in [1.165, 1.54) is 13.3 Å². The summed E-state index contributed by atoms with van der Waals surface area (Å²) in [5.74, 6) is -0.0594. The summed E-state index contributed by atoms with van der Waals surface area (Å²) >= 11 is 3.37. The topological polar surface area (TPSA) is 84.1 Å². The van der Waals surface area contributed by atoms with Crippen molar-refractivity contribution in [2.45, 2.75) is 0 Å². The number of hydrogen-bond donors (Lipinski definition) is 2. The average molecular weight is 389 g/mol. The fraction of sp³-hybridized carbons (Fsp3) is 0.0588. The molecule has 3 rings (SSSR count). The Balaban J connectivity index is 1.74. The highest BCUT2D eigenvalue weighted by Crippen LogP contribution is 2.28. The monoisotopic (exact) mass is 388 g/mol. The first-order valence-corrected chi connectivity index (χ1v) is 7.76. The second-order valence-electron chi connectivity index (χ2n) is 4.89. The van der Waals surface area contributed by atoms with Crippen LogP contribution in [0.4, 0.5) is 0 Å². The number of benzene rings is 2. The van der Waals surface area contributed by atoms with E-state index in [1.54, 1.807) is 30.3 Å². The summed E-state index contributed by atoms with van der Waals surface area (Å²) in [4.78, 5) is 12.1. The molecule has 0 atom stereocenters. The van der Waals surface area contributed by atoms with Crippen molar-refractivity contribution < 1.29 is 19.1 Å². The molecular formula is C17H13BrN2O4. The summed E-state index contributed by atoms with van der Waals surface area (Å²) in [6.45, 7) is 0. The molecule has 0 bridgehead atoms. The minimum Gasteiger partial charge on any atom is -0.504 e. The summed E-state index contributed by atoms with van der Waals surface area (Å²) in [6, 6.07) is 12.1. The third kappa shape index (κ3) is 3.26. The van der Waals surface area contributed by atoms with Gasteiger partial charge in [-0.3, -0.25) is 4.79 Å². The number of ether oxygens (including phenoxy) is 1. The number of nitrogens with zero attached hydrogens (tertiary/aromatic N) is 1. The lowest BCUT2D eigenvalue weighted by Gasteiger charge is -2.04. The summed E-state index contributed by atoms with van der Waals surface area (Å²) in [5, 5.41) is 14.6. The fourth-order valence-corrected chi connectivity index (χ4v) is 2.53. The van der Waals surface area contributed by atoms with E-state index in [9.17, 15) is 9.90 Å². The minimum absolute atomic E-state index is 0.0495. The summed E-state index contributed by atoms with van der Waals surface area (Å²) < 4.78 is 11.4. The molecule has 24 heavy (non-hydrogen) atoms. The predicted octanol–water partition coefficient (Wildman–Crippen LogP) is 3.67. The van der Waals surface area contributed by atoms with E-state index < -0.39 is 5.91 Å². The van der Waals surface area contributed by atoms with Gasteiger partial charge in [0.25, 0.3) is 0 Å². The van der Waals surface area contributed by atoms with Gasteiger partial charge in [0.1, 0.15) is 5.58 Å². The number of rotatable bonds is 4. The highest BCUT2D eigenvalue weighted by Gasteiger charge is 2.12. The third-order valence-corrected chi connectivity index (χ3v) is 3.82. The lowest BCUT2D eigenvalue weighted by atomic mass is 10.2. The zero-order valence-electron chi connectivity index (χ0n) is 12.6. The van der Waals surface area contributed by atoms with Crippen molar-refractivity contribution in [2.75, 3.05) is 7.11 Å². The highest BCUT2D eigenvalue weighted by atomic mass is 79.9. The van der Waals surface area contributed by atoms with Crippen LogP contribution in [0, 0.1) is 0 Å². The maximum absolute atomic E-state index is 12.1. The molecule has 0 radical (unpaired) electrons. The quantitative estimate of drug-likeness (QED) is 0.527. The molecule has 3 aromatic rings. The Labute approximate surface area is 145 Å². The van der Waals surface area contributed by atoms with Crippen molar-refractivity contribution in [1.82, 2.24) is 5.43 Å². The molecule has 1 amide bonds. The van der Waals surface area contributed by atoms with Gasteiger partial charge in [0.2, 0.25) is 0 Å². The number of phenols is 1. The molecule has 2 N–H and O–H groups in total. The van der Waals surface area contributed by atoms with Gasteiger partial charge in [-0.2, -0.15) is 5.10 Å². The van der Waals surface area contributed by atoms with Crippen LogP contribution in [0.5, 0.6) is 11.5 Å². The molecule has 0 aliphatic heterocycles. The molecule has 0 saturated heterocycles. The van der Waals surface area contributed by atoms with Crippen molar-refractivity contribution in [2.24, 2.45) is 5.10 Å². The summed E-state index contributed by atoms with van der Waals surface area (Å²) in [5.41, 5.74) is 3.39. The maximum atomic E-state index is 12.1. The van der Waals surface area contributed by atoms with Gasteiger partial charge in [-0.25, -0.2) is 5.43 Å². The van der Waals surface area contributed by atoms with Gasteiger partial charge < -0.3 is 14.3 Å².